The molecule has 0 unspecified atom stereocenters. The molecule has 168 valence electrons. The molecule has 0 spiro atoms. The van der Waals surface area contributed by atoms with Gasteiger partial charge in [0.05, 0.1) is 35.1 Å². The third kappa shape index (κ3) is 3.13. The number of nitro groups is 1. The molecule has 2 saturated heterocycles. The van der Waals surface area contributed by atoms with E-state index in [1.54, 1.807) is 12.2 Å². The average molecular weight is 472 g/mol. The summed E-state index contributed by atoms with van der Waals surface area (Å²) < 4.78 is 20.3. The quantitative estimate of drug-likeness (QED) is 0.310. The molecule has 0 saturated carbocycles. The van der Waals surface area contributed by atoms with Gasteiger partial charge in [-0.1, -0.05) is 35.9 Å². The Bertz CT molecular complexity index is 1270. The SMILES string of the molecule is O=C(NC[C@@]12C=C[C@H](O1)[C@@H]1C(=O)N(c3ccccc3F)C(=O)[C@H]12)c1ccc(Cl)c([N+](=O)[O-])c1. The van der Waals surface area contributed by atoms with Gasteiger partial charge in [0.2, 0.25) is 11.8 Å². The molecule has 1 N–H and O–H groups in total. The monoisotopic (exact) mass is 471 g/mol. The first-order valence-electron chi connectivity index (χ1n) is 9.95. The number of ether oxygens (including phenoxy) is 1. The van der Waals surface area contributed by atoms with Crippen LogP contribution in [0.1, 0.15) is 10.4 Å². The van der Waals surface area contributed by atoms with Gasteiger partial charge in [-0.15, -0.1) is 0 Å². The maximum Gasteiger partial charge on any atom is 0.288 e. The number of amides is 3. The Morgan fingerprint density at radius 3 is 2.73 bits per heavy atom. The molecule has 0 radical (unpaired) electrons. The second-order valence-electron chi connectivity index (χ2n) is 7.97. The second kappa shape index (κ2) is 7.46. The topological polar surface area (TPSA) is 119 Å². The fourth-order valence-corrected chi connectivity index (χ4v) is 4.88. The molecule has 11 heteroatoms. The third-order valence-corrected chi connectivity index (χ3v) is 6.50. The van der Waals surface area contributed by atoms with Gasteiger partial charge in [-0.05, 0) is 24.3 Å². The average Bonchev–Trinajstić information content (AvgIpc) is 3.43. The van der Waals surface area contributed by atoms with Gasteiger partial charge in [-0.25, -0.2) is 9.29 Å². The van der Waals surface area contributed by atoms with E-state index in [4.69, 9.17) is 16.3 Å². The molecule has 0 aliphatic carbocycles. The van der Waals surface area contributed by atoms with E-state index in [9.17, 15) is 28.9 Å². The smallest absolute Gasteiger partial charge is 0.288 e. The van der Waals surface area contributed by atoms with E-state index in [1.165, 1.54) is 30.3 Å². The van der Waals surface area contributed by atoms with Crippen molar-refractivity contribution < 1.29 is 28.4 Å². The largest absolute Gasteiger partial charge is 0.360 e. The molecular weight excluding hydrogens is 457 g/mol. The number of hydrogen-bond acceptors (Lipinski definition) is 6. The number of benzene rings is 2. The Labute approximate surface area is 190 Å². The minimum atomic E-state index is -1.30. The molecule has 3 amide bonds. The second-order valence-corrected chi connectivity index (χ2v) is 8.38. The van der Waals surface area contributed by atoms with E-state index >= 15 is 0 Å². The lowest BCUT2D eigenvalue weighted by atomic mass is 9.77. The minimum absolute atomic E-state index is 0.00242. The fourth-order valence-electron chi connectivity index (χ4n) is 4.69. The van der Waals surface area contributed by atoms with Gasteiger partial charge in [-0.2, -0.15) is 0 Å². The highest BCUT2D eigenvalue weighted by molar-refractivity contribution is 6.32. The molecule has 4 atom stereocenters. The van der Waals surface area contributed by atoms with Gasteiger partial charge in [0.1, 0.15) is 16.4 Å². The van der Waals surface area contributed by atoms with Crippen LogP contribution in [0.4, 0.5) is 15.8 Å². The van der Waals surface area contributed by atoms with Gasteiger partial charge in [-0.3, -0.25) is 24.5 Å². The summed E-state index contributed by atoms with van der Waals surface area (Å²) in [6, 6.07) is 9.11. The number of nitro benzene ring substituents is 1. The van der Waals surface area contributed by atoms with Crippen molar-refractivity contribution in [1.82, 2.24) is 5.32 Å². The summed E-state index contributed by atoms with van der Waals surface area (Å²) in [6.07, 6.45) is 2.59. The van der Waals surface area contributed by atoms with E-state index in [1.807, 2.05) is 0 Å². The molecule has 3 aliphatic heterocycles. The lowest BCUT2D eigenvalue weighted by molar-refractivity contribution is -0.384. The van der Waals surface area contributed by atoms with Gasteiger partial charge in [0.15, 0.2) is 0 Å². The Morgan fingerprint density at radius 1 is 1.24 bits per heavy atom. The van der Waals surface area contributed by atoms with Crippen molar-refractivity contribution in [3.8, 4) is 0 Å². The lowest BCUT2D eigenvalue weighted by Gasteiger charge is -2.29. The van der Waals surface area contributed by atoms with Crippen LogP contribution in [0.3, 0.4) is 0 Å². The van der Waals surface area contributed by atoms with Crippen LogP contribution in [-0.4, -0.2) is 40.9 Å². The van der Waals surface area contributed by atoms with Crippen molar-refractivity contribution in [1.29, 1.82) is 0 Å². The molecule has 9 nitrogen and oxygen atoms in total. The molecular formula is C22H15ClFN3O6. The number of halogens is 2. The van der Waals surface area contributed by atoms with Crippen LogP contribution in [0.2, 0.25) is 5.02 Å². The van der Waals surface area contributed by atoms with Crippen molar-refractivity contribution >= 4 is 40.7 Å². The summed E-state index contributed by atoms with van der Waals surface area (Å²) in [6.45, 7) is -0.166. The van der Waals surface area contributed by atoms with Crippen molar-refractivity contribution in [2.24, 2.45) is 11.8 Å². The summed E-state index contributed by atoms with van der Waals surface area (Å²) in [5.74, 6) is -4.30. The molecule has 2 bridgehead atoms. The Hall–Kier alpha value is -3.63. The number of fused-ring (bicyclic) bond motifs is 5. The van der Waals surface area contributed by atoms with Gasteiger partial charge < -0.3 is 10.1 Å². The molecule has 0 aromatic heterocycles. The van der Waals surface area contributed by atoms with Crippen LogP contribution in [0, 0.1) is 27.8 Å². The van der Waals surface area contributed by atoms with Crippen LogP contribution < -0.4 is 10.2 Å². The van der Waals surface area contributed by atoms with Crippen molar-refractivity contribution in [3.63, 3.8) is 0 Å². The summed E-state index contributed by atoms with van der Waals surface area (Å²) in [7, 11) is 0. The molecule has 2 aromatic carbocycles. The predicted octanol–water partition coefficient (Wildman–Crippen LogP) is 2.63. The number of imide groups is 1. The van der Waals surface area contributed by atoms with Crippen LogP contribution in [0.25, 0.3) is 0 Å². The van der Waals surface area contributed by atoms with E-state index in [0.717, 1.165) is 17.0 Å². The highest BCUT2D eigenvalue weighted by Gasteiger charge is 2.68. The first kappa shape index (κ1) is 21.2. The first-order chi connectivity index (χ1) is 15.7. The maximum atomic E-state index is 14.3. The Balaban J connectivity index is 1.39. The fraction of sp³-hybridized carbons (Fsp3) is 0.227. The summed E-state index contributed by atoms with van der Waals surface area (Å²) in [5.41, 5.74) is -1.85. The molecule has 2 aromatic rings. The zero-order chi connectivity index (χ0) is 23.5. The molecule has 33 heavy (non-hydrogen) atoms. The zero-order valence-electron chi connectivity index (χ0n) is 16.7. The number of carbonyl (C=O) groups is 3. The van der Waals surface area contributed by atoms with Crippen LogP contribution in [0.5, 0.6) is 0 Å². The maximum absolute atomic E-state index is 14.3. The van der Waals surface area contributed by atoms with E-state index < -0.39 is 57.7 Å². The predicted molar refractivity (Wildman–Crippen MR) is 113 cm³/mol. The van der Waals surface area contributed by atoms with Crippen LogP contribution in [-0.2, 0) is 14.3 Å². The van der Waals surface area contributed by atoms with Crippen molar-refractivity contribution in [2.45, 2.75) is 11.7 Å². The number of para-hydroxylation sites is 1. The van der Waals surface area contributed by atoms with Gasteiger partial charge >= 0.3 is 0 Å². The normalized spacial score (nSPS) is 27.2. The molecule has 5 rings (SSSR count). The summed E-state index contributed by atoms with van der Waals surface area (Å²) in [4.78, 5) is 50.2. The van der Waals surface area contributed by atoms with E-state index in [2.05, 4.69) is 5.32 Å². The number of anilines is 1. The zero-order valence-corrected chi connectivity index (χ0v) is 17.5. The Morgan fingerprint density at radius 2 is 2.00 bits per heavy atom. The number of hydrogen-bond donors (Lipinski definition) is 1. The standard InChI is InChI=1S/C22H15ClFN3O6/c23-12-6-5-11(9-15(12)27(31)32)19(28)25-10-22-8-7-16(33-22)17-18(22)21(30)26(20(17)29)14-4-2-1-3-13(14)24/h1-9,16-18H,10H2,(H,25,28)/t16-,17-,18-,22+/m0/s1. The third-order valence-electron chi connectivity index (χ3n) is 6.18. The highest BCUT2D eigenvalue weighted by Crippen LogP contribution is 2.52. The van der Waals surface area contributed by atoms with E-state index in [0.29, 0.717) is 0 Å². The lowest BCUT2D eigenvalue weighted by Crippen LogP contribution is -2.49. The van der Waals surface area contributed by atoms with Crippen molar-refractivity contribution in [3.05, 3.63) is 81.1 Å². The number of rotatable bonds is 5. The summed E-state index contributed by atoms with van der Waals surface area (Å²) in [5, 5.41) is 13.6. The summed E-state index contributed by atoms with van der Waals surface area (Å²) >= 11 is 5.79. The van der Waals surface area contributed by atoms with Crippen molar-refractivity contribution in [2.75, 3.05) is 11.4 Å². The number of nitrogens with zero attached hydrogens (tertiary/aromatic N) is 2. The Kier molecular flexibility index (Phi) is 4.80. The number of nitrogens with one attached hydrogen (secondary N) is 1. The van der Waals surface area contributed by atoms with Gasteiger partial charge in [0.25, 0.3) is 11.6 Å². The molecule has 3 heterocycles. The minimum Gasteiger partial charge on any atom is -0.360 e. The van der Waals surface area contributed by atoms with E-state index in [-0.39, 0.29) is 22.8 Å². The first-order valence-corrected chi connectivity index (χ1v) is 10.3. The highest BCUT2D eigenvalue weighted by atomic mass is 35.5. The van der Waals surface area contributed by atoms with Gasteiger partial charge in [0, 0.05) is 11.6 Å². The molecule has 3 aliphatic rings. The number of carbonyl (C=O) groups excluding carboxylic acids is 3. The van der Waals surface area contributed by atoms with Crippen LogP contribution in [0.15, 0.2) is 54.6 Å². The van der Waals surface area contributed by atoms with Crippen LogP contribution >= 0.6 is 11.6 Å². The molecule has 2 fully saturated rings.